The molecule has 1 N–H and O–H groups in total. The number of esters is 1. The second-order valence-corrected chi connectivity index (χ2v) is 3.89. The molecule has 2 rings (SSSR count). The van der Waals surface area contributed by atoms with Crippen LogP contribution in [0.4, 0.5) is 0 Å². The van der Waals surface area contributed by atoms with E-state index in [0.29, 0.717) is 0 Å². The van der Waals surface area contributed by atoms with Crippen molar-refractivity contribution in [2.24, 2.45) is 0 Å². The average Bonchev–Trinajstić information content (AvgIpc) is 2.39. The molecule has 0 spiro atoms. The maximum Gasteiger partial charge on any atom is 0.345 e. The van der Waals surface area contributed by atoms with Crippen molar-refractivity contribution in [2.45, 2.75) is 0 Å². The molecular weight excluding hydrogens is 252 g/mol. The first-order chi connectivity index (χ1) is 8.63. The summed E-state index contributed by atoms with van der Waals surface area (Å²) in [6, 6.07) is 9.16. The molecule has 0 radical (unpaired) electrons. The van der Waals surface area contributed by atoms with Gasteiger partial charge in [0.15, 0.2) is 4.77 Å². The summed E-state index contributed by atoms with van der Waals surface area (Å²) in [6.45, 7) is 0. The Morgan fingerprint density at radius 1 is 1.33 bits per heavy atom. The Balaban J connectivity index is 2.67. The lowest BCUT2D eigenvalue weighted by atomic mass is 10.3. The second kappa shape index (κ2) is 4.97. The molecule has 92 valence electrons. The van der Waals surface area contributed by atoms with E-state index in [1.165, 1.54) is 13.3 Å². The van der Waals surface area contributed by atoms with Gasteiger partial charge < -0.3 is 4.74 Å². The zero-order valence-electron chi connectivity index (χ0n) is 9.54. The summed E-state index contributed by atoms with van der Waals surface area (Å²) in [5, 5.41) is 0. The summed E-state index contributed by atoms with van der Waals surface area (Å²) in [5.41, 5.74) is 0.109. The molecule has 0 saturated carbocycles. The van der Waals surface area contributed by atoms with Gasteiger partial charge in [0.1, 0.15) is 5.56 Å². The van der Waals surface area contributed by atoms with Crippen molar-refractivity contribution in [3.05, 3.63) is 57.2 Å². The molecular formula is C12H10N2O3S. The Hall–Kier alpha value is -2.21. The van der Waals surface area contributed by atoms with Crippen LogP contribution in [-0.4, -0.2) is 22.6 Å². The molecule has 0 amide bonds. The van der Waals surface area contributed by atoms with Gasteiger partial charge in [-0.25, -0.2) is 4.79 Å². The lowest BCUT2D eigenvalue weighted by Crippen LogP contribution is -2.22. The molecule has 0 atom stereocenters. The van der Waals surface area contributed by atoms with Crippen LogP contribution in [0.1, 0.15) is 10.4 Å². The van der Waals surface area contributed by atoms with E-state index in [-0.39, 0.29) is 10.3 Å². The largest absolute Gasteiger partial charge is 0.465 e. The van der Waals surface area contributed by atoms with Crippen molar-refractivity contribution in [1.29, 1.82) is 0 Å². The molecule has 5 nitrogen and oxygen atoms in total. The molecule has 0 bridgehead atoms. The topological polar surface area (TPSA) is 64.1 Å². The monoisotopic (exact) mass is 262 g/mol. The number of nitrogens with zero attached hydrogens (tertiary/aromatic N) is 1. The predicted octanol–water partition coefficient (Wildman–Crippen LogP) is 1.68. The number of benzene rings is 1. The van der Waals surface area contributed by atoms with E-state index in [4.69, 9.17) is 12.2 Å². The van der Waals surface area contributed by atoms with Crippen LogP contribution >= 0.6 is 12.2 Å². The number of rotatable bonds is 2. The normalized spacial score (nSPS) is 10.1. The van der Waals surface area contributed by atoms with Crippen molar-refractivity contribution < 1.29 is 9.53 Å². The van der Waals surface area contributed by atoms with Gasteiger partial charge in [0.25, 0.3) is 5.56 Å². The average molecular weight is 262 g/mol. The minimum atomic E-state index is -0.698. The van der Waals surface area contributed by atoms with Crippen LogP contribution in [0, 0.1) is 4.77 Å². The van der Waals surface area contributed by atoms with Crippen LogP contribution in [0.15, 0.2) is 41.3 Å². The van der Waals surface area contributed by atoms with Crippen LogP contribution in [0.5, 0.6) is 0 Å². The Labute approximate surface area is 108 Å². The third-order valence-electron chi connectivity index (χ3n) is 2.38. The molecule has 0 fully saturated rings. The van der Waals surface area contributed by atoms with Gasteiger partial charge in [0.2, 0.25) is 0 Å². The van der Waals surface area contributed by atoms with E-state index in [1.807, 2.05) is 30.3 Å². The first-order valence-electron chi connectivity index (χ1n) is 5.13. The number of H-pyrrole nitrogens is 1. The number of ether oxygens (including phenoxy) is 1. The fraction of sp³-hybridized carbons (Fsp3) is 0.0833. The van der Waals surface area contributed by atoms with Crippen LogP contribution in [0.3, 0.4) is 0 Å². The maximum atomic E-state index is 11.6. The standard InChI is InChI=1S/C12H10N2O3S/c1-17-11(16)9-7-14(12(18)13-10(9)15)8-5-3-2-4-6-8/h2-7H,1H3,(H,13,15,18). The van der Waals surface area contributed by atoms with Gasteiger partial charge in [0, 0.05) is 11.9 Å². The Morgan fingerprint density at radius 2 is 2.00 bits per heavy atom. The molecule has 2 aromatic rings. The summed E-state index contributed by atoms with van der Waals surface area (Å²) in [7, 11) is 1.22. The molecule has 0 aliphatic carbocycles. The van der Waals surface area contributed by atoms with Gasteiger partial charge in [-0.15, -0.1) is 0 Å². The highest BCUT2D eigenvalue weighted by Crippen LogP contribution is 2.07. The van der Waals surface area contributed by atoms with E-state index >= 15 is 0 Å². The van der Waals surface area contributed by atoms with Crippen LogP contribution in [0.25, 0.3) is 5.69 Å². The number of carbonyl (C=O) groups excluding carboxylic acids is 1. The molecule has 1 heterocycles. The molecule has 0 aliphatic rings. The zero-order chi connectivity index (χ0) is 13.1. The lowest BCUT2D eigenvalue weighted by molar-refractivity contribution is 0.0597. The van der Waals surface area contributed by atoms with Crippen molar-refractivity contribution in [3.63, 3.8) is 0 Å². The lowest BCUT2D eigenvalue weighted by Gasteiger charge is -2.07. The number of methoxy groups -OCH3 is 1. The van der Waals surface area contributed by atoms with E-state index < -0.39 is 11.5 Å². The fourth-order valence-electron chi connectivity index (χ4n) is 1.51. The zero-order valence-corrected chi connectivity index (χ0v) is 10.4. The Kier molecular flexibility index (Phi) is 3.38. The van der Waals surface area contributed by atoms with E-state index in [9.17, 15) is 9.59 Å². The first kappa shape index (κ1) is 12.3. The molecule has 18 heavy (non-hydrogen) atoms. The molecule has 6 heteroatoms. The number of carbonyl (C=O) groups is 1. The molecule has 0 unspecified atom stereocenters. The Morgan fingerprint density at radius 3 is 2.61 bits per heavy atom. The third kappa shape index (κ3) is 2.23. The number of nitrogens with one attached hydrogen (secondary N) is 1. The van der Waals surface area contributed by atoms with Crippen molar-refractivity contribution in [2.75, 3.05) is 7.11 Å². The van der Waals surface area contributed by atoms with E-state index in [0.717, 1.165) is 5.69 Å². The van der Waals surface area contributed by atoms with Crippen molar-refractivity contribution in [3.8, 4) is 5.69 Å². The fourth-order valence-corrected chi connectivity index (χ4v) is 1.76. The highest BCUT2D eigenvalue weighted by atomic mass is 32.1. The minimum absolute atomic E-state index is 0.0880. The van der Waals surface area contributed by atoms with E-state index in [2.05, 4.69) is 9.72 Å². The van der Waals surface area contributed by atoms with Crippen molar-refractivity contribution >= 4 is 18.2 Å². The highest BCUT2D eigenvalue weighted by Gasteiger charge is 2.12. The van der Waals surface area contributed by atoms with Crippen LogP contribution < -0.4 is 5.56 Å². The van der Waals surface area contributed by atoms with E-state index in [1.54, 1.807) is 4.57 Å². The molecule has 1 aromatic carbocycles. The van der Waals surface area contributed by atoms with Gasteiger partial charge in [-0.1, -0.05) is 18.2 Å². The molecule has 0 aliphatic heterocycles. The van der Waals surface area contributed by atoms with Crippen molar-refractivity contribution in [1.82, 2.24) is 9.55 Å². The smallest absolute Gasteiger partial charge is 0.345 e. The predicted molar refractivity (Wildman–Crippen MR) is 68.6 cm³/mol. The minimum Gasteiger partial charge on any atom is -0.465 e. The van der Waals surface area contributed by atoms with Crippen LogP contribution in [-0.2, 0) is 4.74 Å². The number of hydrogen-bond acceptors (Lipinski definition) is 4. The first-order valence-corrected chi connectivity index (χ1v) is 5.54. The van der Waals surface area contributed by atoms with Gasteiger partial charge in [-0.3, -0.25) is 14.3 Å². The van der Waals surface area contributed by atoms with Gasteiger partial charge in [-0.2, -0.15) is 0 Å². The molecule has 1 aromatic heterocycles. The van der Waals surface area contributed by atoms with Gasteiger partial charge in [0.05, 0.1) is 7.11 Å². The second-order valence-electron chi connectivity index (χ2n) is 3.50. The number of aromatic nitrogens is 2. The number of hydrogen-bond donors (Lipinski definition) is 1. The Bertz CT molecular complexity index is 688. The third-order valence-corrected chi connectivity index (χ3v) is 2.68. The van der Waals surface area contributed by atoms with Crippen LogP contribution in [0.2, 0.25) is 0 Å². The quantitative estimate of drug-likeness (QED) is 0.660. The summed E-state index contributed by atoms with van der Waals surface area (Å²) < 4.78 is 6.31. The van der Waals surface area contributed by atoms with Gasteiger partial charge >= 0.3 is 5.97 Å². The molecule has 0 saturated heterocycles. The summed E-state index contributed by atoms with van der Waals surface area (Å²) in [5.74, 6) is -0.698. The number of aromatic amines is 1. The SMILES string of the molecule is COC(=O)c1cn(-c2ccccc2)c(=S)[nH]c1=O. The summed E-state index contributed by atoms with van der Waals surface area (Å²) in [6.07, 6.45) is 1.38. The number of para-hydroxylation sites is 1. The van der Waals surface area contributed by atoms with Gasteiger partial charge in [-0.05, 0) is 24.4 Å². The summed E-state index contributed by atoms with van der Waals surface area (Å²) in [4.78, 5) is 25.5. The summed E-state index contributed by atoms with van der Waals surface area (Å²) >= 11 is 5.06. The maximum absolute atomic E-state index is 11.6. The highest BCUT2D eigenvalue weighted by molar-refractivity contribution is 7.71.